The van der Waals surface area contributed by atoms with Crippen LogP contribution in [0.25, 0.3) is 0 Å². The maximum absolute atomic E-state index is 12.7. The lowest BCUT2D eigenvalue weighted by Crippen LogP contribution is -2.43. The van der Waals surface area contributed by atoms with E-state index in [-0.39, 0.29) is 11.9 Å². The Bertz CT molecular complexity index is 749. The molecule has 0 aromatic heterocycles. The molecule has 0 radical (unpaired) electrons. The van der Waals surface area contributed by atoms with Crippen molar-refractivity contribution >= 4 is 5.91 Å². The first-order valence-corrected chi connectivity index (χ1v) is 8.42. The second kappa shape index (κ2) is 8.43. The third-order valence-corrected chi connectivity index (χ3v) is 4.31. The van der Waals surface area contributed by atoms with Crippen LogP contribution in [0.15, 0.2) is 54.6 Å². The van der Waals surface area contributed by atoms with Crippen LogP contribution in [0, 0.1) is 11.3 Å². The van der Waals surface area contributed by atoms with Gasteiger partial charge < -0.3 is 10.1 Å². The fourth-order valence-electron chi connectivity index (χ4n) is 2.93. The molecule has 1 N–H and O–H groups in total. The molecule has 0 unspecified atom stereocenters. The molecule has 1 atom stereocenters. The number of nitrogens with one attached hydrogen (secondary N) is 1. The van der Waals surface area contributed by atoms with E-state index in [1.807, 2.05) is 30.3 Å². The zero-order valence-electron chi connectivity index (χ0n) is 14.0. The number of rotatable bonds is 5. The number of nitrogens with zero attached hydrogens (tertiary/aromatic N) is 2. The maximum Gasteiger partial charge on any atom is 0.251 e. The van der Waals surface area contributed by atoms with Crippen molar-refractivity contribution in [2.75, 3.05) is 32.8 Å². The molecule has 1 heterocycles. The molecule has 128 valence electrons. The number of hydrogen-bond acceptors (Lipinski definition) is 4. The van der Waals surface area contributed by atoms with Crippen molar-refractivity contribution < 1.29 is 9.53 Å². The summed E-state index contributed by atoms with van der Waals surface area (Å²) in [5.74, 6) is -0.167. The van der Waals surface area contributed by atoms with E-state index in [1.165, 1.54) is 0 Å². The van der Waals surface area contributed by atoms with Gasteiger partial charge in [0.2, 0.25) is 0 Å². The van der Waals surface area contributed by atoms with Gasteiger partial charge in [-0.05, 0) is 23.8 Å². The Morgan fingerprint density at radius 2 is 1.92 bits per heavy atom. The van der Waals surface area contributed by atoms with E-state index in [9.17, 15) is 4.79 Å². The van der Waals surface area contributed by atoms with Gasteiger partial charge in [0.25, 0.3) is 5.91 Å². The molecule has 1 amide bonds. The van der Waals surface area contributed by atoms with Crippen LogP contribution in [0.2, 0.25) is 0 Å². The van der Waals surface area contributed by atoms with E-state index in [0.717, 1.165) is 38.4 Å². The van der Waals surface area contributed by atoms with Crippen LogP contribution in [0.5, 0.6) is 0 Å². The quantitative estimate of drug-likeness (QED) is 0.911. The molecule has 0 bridgehead atoms. The third kappa shape index (κ3) is 4.66. The minimum atomic E-state index is -0.167. The predicted octanol–water partition coefficient (Wildman–Crippen LogP) is 2.36. The van der Waals surface area contributed by atoms with E-state index in [1.54, 1.807) is 24.3 Å². The third-order valence-electron chi connectivity index (χ3n) is 4.31. The summed E-state index contributed by atoms with van der Waals surface area (Å²) in [6.45, 7) is 3.91. The molecular weight excluding hydrogens is 314 g/mol. The molecule has 0 spiro atoms. The topological polar surface area (TPSA) is 65.4 Å². The van der Waals surface area contributed by atoms with Gasteiger partial charge in [-0.3, -0.25) is 9.69 Å². The first-order chi connectivity index (χ1) is 12.3. The van der Waals surface area contributed by atoms with E-state index in [2.05, 4.69) is 16.3 Å². The molecule has 3 rings (SSSR count). The van der Waals surface area contributed by atoms with Gasteiger partial charge in [-0.1, -0.05) is 36.4 Å². The minimum Gasteiger partial charge on any atom is -0.379 e. The summed E-state index contributed by atoms with van der Waals surface area (Å²) in [7, 11) is 0. The average molecular weight is 335 g/mol. The van der Waals surface area contributed by atoms with E-state index >= 15 is 0 Å². The van der Waals surface area contributed by atoms with Gasteiger partial charge in [-0.2, -0.15) is 5.26 Å². The van der Waals surface area contributed by atoms with Gasteiger partial charge in [-0.25, -0.2) is 0 Å². The van der Waals surface area contributed by atoms with E-state index < -0.39 is 0 Å². The summed E-state index contributed by atoms with van der Waals surface area (Å²) in [5.41, 5.74) is 2.05. The van der Waals surface area contributed by atoms with Crippen molar-refractivity contribution in [3.8, 4) is 6.07 Å². The Kier molecular flexibility index (Phi) is 5.78. The van der Waals surface area contributed by atoms with Crippen molar-refractivity contribution in [3.05, 3.63) is 71.3 Å². The number of morpholine rings is 1. The first kappa shape index (κ1) is 17.2. The number of carbonyl (C=O) groups excluding carboxylic acids is 1. The van der Waals surface area contributed by atoms with Crippen molar-refractivity contribution in [2.45, 2.75) is 6.04 Å². The highest BCUT2D eigenvalue weighted by Crippen LogP contribution is 2.16. The smallest absolute Gasteiger partial charge is 0.251 e. The highest BCUT2D eigenvalue weighted by molar-refractivity contribution is 5.94. The second-order valence-electron chi connectivity index (χ2n) is 6.04. The highest BCUT2D eigenvalue weighted by atomic mass is 16.5. The lowest BCUT2D eigenvalue weighted by molar-refractivity contribution is 0.0332. The Labute approximate surface area is 147 Å². The van der Waals surface area contributed by atoms with Crippen LogP contribution in [0.3, 0.4) is 0 Å². The Hall–Kier alpha value is -2.68. The van der Waals surface area contributed by atoms with Crippen molar-refractivity contribution in [3.63, 3.8) is 0 Å². The van der Waals surface area contributed by atoms with Crippen LogP contribution in [-0.4, -0.2) is 43.7 Å². The highest BCUT2D eigenvalue weighted by Gasteiger charge is 2.20. The Balaban J connectivity index is 1.76. The predicted molar refractivity (Wildman–Crippen MR) is 95.1 cm³/mol. The molecule has 25 heavy (non-hydrogen) atoms. The zero-order valence-corrected chi connectivity index (χ0v) is 14.0. The molecule has 0 saturated carbocycles. The summed E-state index contributed by atoms with van der Waals surface area (Å²) in [5, 5.41) is 12.1. The first-order valence-electron chi connectivity index (χ1n) is 8.42. The molecule has 1 fully saturated rings. The summed E-state index contributed by atoms with van der Waals surface area (Å²) >= 11 is 0. The monoisotopic (exact) mass is 335 g/mol. The normalized spacial score (nSPS) is 16.0. The maximum atomic E-state index is 12.7. The number of ether oxygens (including phenoxy) is 1. The number of amides is 1. The summed E-state index contributed by atoms with van der Waals surface area (Å²) in [6.07, 6.45) is 0. The molecule has 2 aromatic rings. The summed E-state index contributed by atoms with van der Waals surface area (Å²) in [6, 6.07) is 18.7. The number of benzene rings is 2. The van der Waals surface area contributed by atoms with Crippen molar-refractivity contribution in [2.24, 2.45) is 0 Å². The van der Waals surface area contributed by atoms with Gasteiger partial charge in [-0.15, -0.1) is 0 Å². The zero-order chi connectivity index (χ0) is 17.5. The van der Waals surface area contributed by atoms with Crippen molar-refractivity contribution in [1.82, 2.24) is 10.2 Å². The molecule has 5 nitrogen and oxygen atoms in total. The van der Waals surface area contributed by atoms with Gasteiger partial charge in [0.05, 0.1) is 30.9 Å². The van der Waals surface area contributed by atoms with Crippen LogP contribution < -0.4 is 5.32 Å². The fraction of sp³-hybridized carbons (Fsp3) is 0.300. The number of hydrogen-bond donors (Lipinski definition) is 1. The number of nitriles is 1. The molecule has 0 aliphatic carbocycles. The van der Waals surface area contributed by atoms with Gasteiger partial charge >= 0.3 is 0 Å². The fourth-order valence-corrected chi connectivity index (χ4v) is 2.93. The minimum absolute atomic E-state index is 0.113. The lowest BCUT2D eigenvalue weighted by Gasteiger charge is -2.31. The number of carbonyl (C=O) groups is 1. The van der Waals surface area contributed by atoms with E-state index in [0.29, 0.717) is 11.1 Å². The molecular formula is C20H21N3O2. The molecule has 5 heteroatoms. The summed E-state index contributed by atoms with van der Waals surface area (Å²) < 4.78 is 5.40. The van der Waals surface area contributed by atoms with Gasteiger partial charge in [0.15, 0.2) is 0 Å². The largest absolute Gasteiger partial charge is 0.379 e. The average Bonchev–Trinajstić information content (AvgIpc) is 2.69. The molecule has 1 saturated heterocycles. The standard InChI is InChI=1S/C20H21N3O2/c21-14-16-5-4-8-18(13-16)20(24)22-19(17-6-2-1-3-7-17)15-23-9-11-25-12-10-23/h1-8,13,19H,9-12,15H2,(H,22,24)/t19-/m1/s1. The molecule has 1 aliphatic rings. The molecule has 1 aliphatic heterocycles. The van der Waals surface area contributed by atoms with E-state index in [4.69, 9.17) is 10.00 Å². The molecule has 2 aromatic carbocycles. The second-order valence-corrected chi connectivity index (χ2v) is 6.04. The van der Waals surface area contributed by atoms with Gasteiger partial charge in [0.1, 0.15) is 0 Å². The van der Waals surface area contributed by atoms with Crippen LogP contribution >= 0.6 is 0 Å². The van der Waals surface area contributed by atoms with Crippen LogP contribution in [0.4, 0.5) is 0 Å². The van der Waals surface area contributed by atoms with Crippen LogP contribution in [0.1, 0.15) is 27.5 Å². The Morgan fingerprint density at radius 3 is 2.64 bits per heavy atom. The SMILES string of the molecule is N#Cc1cccc(C(=O)N[C@H](CN2CCOCC2)c2ccccc2)c1. The van der Waals surface area contributed by atoms with Gasteiger partial charge in [0, 0.05) is 25.2 Å². The van der Waals surface area contributed by atoms with Crippen LogP contribution in [-0.2, 0) is 4.74 Å². The summed E-state index contributed by atoms with van der Waals surface area (Å²) in [4.78, 5) is 15.0. The van der Waals surface area contributed by atoms with Crippen molar-refractivity contribution in [1.29, 1.82) is 5.26 Å². The Morgan fingerprint density at radius 1 is 1.16 bits per heavy atom. The lowest BCUT2D eigenvalue weighted by atomic mass is 10.0.